The van der Waals surface area contributed by atoms with Crippen LogP contribution in [-0.4, -0.2) is 38.0 Å². The molecule has 1 amide bonds. The molecular weight excluding hydrogens is 309 g/mol. The van der Waals surface area contributed by atoms with Crippen LogP contribution in [0, 0.1) is 0 Å². The van der Waals surface area contributed by atoms with Gasteiger partial charge in [-0.15, -0.1) is 0 Å². The molecule has 0 aliphatic carbocycles. The Balaban J connectivity index is 3.05. The van der Waals surface area contributed by atoms with E-state index in [0.717, 1.165) is 7.11 Å². The number of carbonyl (C=O) groups is 2. The van der Waals surface area contributed by atoms with E-state index in [4.69, 9.17) is 9.05 Å². The zero-order valence-electron chi connectivity index (χ0n) is 12.8. The third-order valence-electron chi connectivity index (χ3n) is 2.66. The zero-order chi connectivity index (χ0) is 16.6. The second kappa shape index (κ2) is 8.68. The van der Waals surface area contributed by atoms with Gasteiger partial charge in [-0.05, 0) is 26.0 Å². The van der Waals surface area contributed by atoms with Crippen LogP contribution in [0.2, 0.25) is 0 Å². The van der Waals surface area contributed by atoms with Crippen molar-refractivity contribution in [2.45, 2.75) is 19.6 Å². The summed E-state index contributed by atoms with van der Waals surface area (Å²) in [6, 6.07) is 8.23. The van der Waals surface area contributed by atoms with Crippen molar-refractivity contribution < 1.29 is 27.9 Å². The lowest BCUT2D eigenvalue weighted by Crippen LogP contribution is -2.42. The highest BCUT2D eigenvalue weighted by atomic mass is 31.2. The summed E-state index contributed by atoms with van der Waals surface area (Å²) in [4.78, 5) is 24.1. The first-order valence-electron chi connectivity index (χ1n) is 6.81. The summed E-state index contributed by atoms with van der Waals surface area (Å²) in [5, 5.41) is 2.37. The normalized spacial score (nSPS) is 12.5. The summed E-state index contributed by atoms with van der Waals surface area (Å²) >= 11 is 0. The maximum Gasteiger partial charge on any atom is 0.364 e. The van der Waals surface area contributed by atoms with E-state index < -0.39 is 25.3 Å². The minimum atomic E-state index is -3.88. The average Bonchev–Trinajstić information content (AvgIpc) is 2.52. The number of esters is 1. The molecule has 1 aromatic carbocycles. The maximum atomic E-state index is 12.7. The Hall–Kier alpha value is -1.69. The van der Waals surface area contributed by atoms with E-state index in [-0.39, 0.29) is 13.2 Å². The summed E-state index contributed by atoms with van der Waals surface area (Å²) in [6.45, 7) is 3.34. The predicted octanol–water partition coefficient (Wildman–Crippen LogP) is 2.18. The highest BCUT2D eigenvalue weighted by Crippen LogP contribution is 2.52. The third-order valence-corrected chi connectivity index (χ3v) is 4.87. The molecule has 0 aromatic heterocycles. The largest absolute Gasteiger partial charge is 0.467 e. The van der Waals surface area contributed by atoms with Gasteiger partial charge in [-0.3, -0.25) is 9.36 Å². The number of benzene rings is 1. The molecule has 0 heterocycles. The highest BCUT2D eigenvalue weighted by molar-refractivity contribution is 7.55. The fourth-order valence-corrected chi connectivity index (χ4v) is 3.45. The number of nitrogens with one attached hydrogen (secondary N) is 1. The molecule has 0 fully saturated rings. The Morgan fingerprint density at radius 3 is 2.14 bits per heavy atom. The van der Waals surface area contributed by atoms with E-state index in [0.29, 0.717) is 5.56 Å². The Bertz CT molecular complexity index is 538. The zero-order valence-corrected chi connectivity index (χ0v) is 13.7. The molecule has 1 atom stereocenters. The smallest absolute Gasteiger partial charge is 0.364 e. The first kappa shape index (κ1) is 18.4. The number of hydrogen-bond acceptors (Lipinski definition) is 6. The lowest BCUT2D eigenvalue weighted by molar-refractivity contribution is -0.141. The number of rotatable bonds is 8. The molecule has 1 rings (SSSR count). The fourth-order valence-electron chi connectivity index (χ4n) is 1.72. The number of hydrogen-bond donors (Lipinski definition) is 1. The average molecular weight is 329 g/mol. The highest BCUT2D eigenvalue weighted by Gasteiger charge is 2.43. The Morgan fingerprint density at radius 1 is 1.14 bits per heavy atom. The molecule has 22 heavy (non-hydrogen) atoms. The molecule has 122 valence electrons. The summed E-state index contributed by atoms with van der Waals surface area (Å²) < 4.78 is 27.5. The van der Waals surface area contributed by atoms with Gasteiger partial charge in [-0.2, -0.15) is 0 Å². The number of ether oxygens (including phenoxy) is 1. The van der Waals surface area contributed by atoms with Gasteiger partial charge in [0.15, 0.2) is 0 Å². The van der Waals surface area contributed by atoms with Crippen LogP contribution in [0.3, 0.4) is 0 Å². The van der Waals surface area contributed by atoms with Crippen molar-refractivity contribution in [2.75, 3.05) is 20.3 Å². The van der Waals surface area contributed by atoms with Crippen LogP contribution >= 0.6 is 7.60 Å². The molecule has 0 radical (unpaired) electrons. The third kappa shape index (κ3) is 4.66. The van der Waals surface area contributed by atoms with Crippen molar-refractivity contribution in [3.63, 3.8) is 0 Å². The van der Waals surface area contributed by atoms with Crippen molar-refractivity contribution in [1.82, 2.24) is 5.32 Å². The minimum Gasteiger partial charge on any atom is -0.467 e. The summed E-state index contributed by atoms with van der Waals surface area (Å²) in [5.41, 5.74) is 0.316. The molecule has 0 spiro atoms. The summed E-state index contributed by atoms with van der Waals surface area (Å²) in [5.74, 6) is -2.99. The van der Waals surface area contributed by atoms with Crippen LogP contribution in [0.4, 0.5) is 0 Å². The van der Waals surface area contributed by atoms with Crippen molar-refractivity contribution in [3.05, 3.63) is 35.9 Å². The number of methoxy groups -OCH3 is 1. The van der Waals surface area contributed by atoms with Crippen LogP contribution in [0.5, 0.6) is 0 Å². The molecule has 0 aliphatic heterocycles. The van der Waals surface area contributed by atoms with Gasteiger partial charge in [-0.1, -0.05) is 18.2 Å². The molecule has 0 saturated carbocycles. The standard InChI is InChI=1S/C14H20NO6P/c1-4-20-22(18,21-5-2)13(14(17)19-3)15-12(16)11-9-7-6-8-10-11/h6-10,13H,4-5H2,1-3H3,(H,15,16). The van der Waals surface area contributed by atoms with Gasteiger partial charge in [-0.25, -0.2) is 4.79 Å². The van der Waals surface area contributed by atoms with Crippen molar-refractivity contribution >= 4 is 19.5 Å². The second-order valence-electron chi connectivity index (χ2n) is 4.14. The Kier molecular flexibility index (Phi) is 7.24. The van der Waals surface area contributed by atoms with Crippen LogP contribution in [0.1, 0.15) is 24.2 Å². The molecule has 1 aromatic rings. The molecular formula is C14H20NO6P. The van der Waals surface area contributed by atoms with Gasteiger partial charge in [0, 0.05) is 5.56 Å². The quantitative estimate of drug-likeness (QED) is 0.581. The first-order chi connectivity index (χ1) is 10.5. The Labute approximate surface area is 129 Å². The van der Waals surface area contributed by atoms with E-state index in [1.165, 1.54) is 0 Å². The topological polar surface area (TPSA) is 90.9 Å². The lowest BCUT2D eigenvalue weighted by Gasteiger charge is -2.25. The van der Waals surface area contributed by atoms with Gasteiger partial charge in [0.05, 0.1) is 20.3 Å². The minimum absolute atomic E-state index is 0.0615. The molecule has 0 aliphatic rings. The monoisotopic (exact) mass is 329 g/mol. The lowest BCUT2D eigenvalue weighted by atomic mass is 10.2. The van der Waals surface area contributed by atoms with Gasteiger partial charge in [0.25, 0.3) is 5.91 Å². The number of amides is 1. The van der Waals surface area contributed by atoms with E-state index >= 15 is 0 Å². The predicted molar refractivity (Wildman–Crippen MR) is 80.6 cm³/mol. The summed E-state index contributed by atoms with van der Waals surface area (Å²) in [6.07, 6.45) is 0. The van der Waals surface area contributed by atoms with E-state index in [9.17, 15) is 14.2 Å². The first-order valence-corrected chi connectivity index (χ1v) is 8.42. The van der Waals surface area contributed by atoms with E-state index in [1.807, 2.05) is 0 Å². The maximum absolute atomic E-state index is 12.7. The van der Waals surface area contributed by atoms with Crippen LogP contribution in [-0.2, 0) is 23.1 Å². The van der Waals surface area contributed by atoms with Crippen LogP contribution in [0.15, 0.2) is 30.3 Å². The van der Waals surface area contributed by atoms with Gasteiger partial charge >= 0.3 is 13.6 Å². The van der Waals surface area contributed by atoms with Gasteiger partial charge < -0.3 is 19.1 Å². The van der Waals surface area contributed by atoms with Crippen LogP contribution in [0.25, 0.3) is 0 Å². The Morgan fingerprint density at radius 2 is 1.68 bits per heavy atom. The molecule has 8 heteroatoms. The molecule has 0 bridgehead atoms. The van der Waals surface area contributed by atoms with Crippen molar-refractivity contribution in [3.8, 4) is 0 Å². The van der Waals surface area contributed by atoms with E-state index in [1.54, 1.807) is 44.2 Å². The summed E-state index contributed by atoms with van der Waals surface area (Å²) in [7, 11) is -2.75. The fraction of sp³-hybridized carbons (Fsp3) is 0.429. The van der Waals surface area contributed by atoms with Crippen molar-refractivity contribution in [2.24, 2.45) is 0 Å². The second-order valence-corrected chi connectivity index (χ2v) is 6.25. The van der Waals surface area contributed by atoms with E-state index in [2.05, 4.69) is 10.1 Å². The van der Waals surface area contributed by atoms with Crippen LogP contribution < -0.4 is 5.32 Å². The molecule has 7 nitrogen and oxygen atoms in total. The van der Waals surface area contributed by atoms with Crippen molar-refractivity contribution in [1.29, 1.82) is 0 Å². The van der Waals surface area contributed by atoms with Gasteiger partial charge in [0.1, 0.15) is 0 Å². The number of carbonyl (C=O) groups excluding carboxylic acids is 2. The molecule has 0 saturated heterocycles. The molecule has 1 unspecified atom stereocenters. The molecule has 1 N–H and O–H groups in total. The van der Waals surface area contributed by atoms with Gasteiger partial charge in [0.2, 0.25) is 5.78 Å². The SMILES string of the molecule is CCOP(=O)(OCC)C(NC(=O)c1ccccc1)C(=O)OC.